The second-order valence-electron chi connectivity index (χ2n) is 4.05. The Hall–Kier alpha value is -2.21. The molecule has 1 aromatic heterocycles. The van der Waals surface area contributed by atoms with Gasteiger partial charge in [-0.2, -0.15) is 4.98 Å². The molecule has 0 fully saturated rings. The number of benzene rings is 1. The summed E-state index contributed by atoms with van der Waals surface area (Å²) in [6.07, 6.45) is 1.48. The first-order valence-corrected chi connectivity index (χ1v) is 6.07. The Kier molecular flexibility index (Phi) is 4.47. The minimum atomic E-state index is -0.454. The van der Waals surface area contributed by atoms with E-state index in [4.69, 9.17) is 9.47 Å². The molecule has 2 aromatic rings. The number of aromatic nitrogens is 2. The summed E-state index contributed by atoms with van der Waals surface area (Å²) in [6, 6.07) is 6.06. The van der Waals surface area contributed by atoms with Crippen LogP contribution in [-0.4, -0.2) is 31.2 Å². The van der Waals surface area contributed by atoms with E-state index >= 15 is 0 Å². The Balaban J connectivity index is 2.49. The molecule has 0 spiro atoms. The highest BCUT2D eigenvalue weighted by atomic mass is 19.1. The highest BCUT2D eigenvalue weighted by molar-refractivity contribution is 5.35. The monoisotopic (exact) mass is 277 g/mol. The Morgan fingerprint density at radius 3 is 2.55 bits per heavy atom. The topological polar surface area (TPSA) is 56.3 Å². The van der Waals surface area contributed by atoms with Crippen LogP contribution in [0, 0.1) is 5.82 Å². The first-order chi connectivity index (χ1) is 9.71. The minimum absolute atomic E-state index is 0.298. The number of rotatable bonds is 5. The highest BCUT2D eigenvalue weighted by Gasteiger charge is 2.22. The minimum Gasteiger partial charge on any atom is -0.480 e. The molecule has 2 rings (SSSR count). The number of nitrogens with zero attached hydrogens (tertiary/aromatic N) is 2. The van der Waals surface area contributed by atoms with Gasteiger partial charge in [-0.25, -0.2) is 9.37 Å². The molecule has 0 aliphatic heterocycles. The van der Waals surface area contributed by atoms with Gasteiger partial charge >= 0.3 is 0 Å². The van der Waals surface area contributed by atoms with Crippen molar-refractivity contribution in [3.63, 3.8) is 0 Å². The van der Waals surface area contributed by atoms with Gasteiger partial charge in [-0.05, 0) is 13.1 Å². The lowest BCUT2D eigenvalue weighted by atomic mass is 10.0. The van der Waals surface area contributed by atoms with E-state index in [1.807, 2.05) is 0 Å². The van der Waals surface area contributed by atoms with Gasteiger partial charge in [-0.15, -0.1) is 0 Å². The summed E-state index contributed by atoms with van der Waals surface area (Å²) in [4.78, 5) is 8.43. The average molecular weight is 277 g/mol. The molecule has 5 nitrogen and oxygen atoms in total. The van der Waals surface area contributed by atoms with Crippen molar-refractivity contribution in [2.45, 2.75) is 6.04 Å². The lowest BCUT2D eigenvalue weighted by molar-refractivity contribution is 0.353. The number of hydrogen-bond donors (Lipinski definition) is 1. The van der Waals surface area contributed by atoms with Gasteiger partial charge in [0, 0.05) is 5.56 Å². The summed E-state index contributed by atoms with van der Waals surface area (Å²) in [7, 11) is 4.71. The molecule has 20 heavy (non-hydrogen) atoms. The highest BCUT2D eigenvalue weighted by Crippen LogP contribution is 2.29. The molecular formula is C14H16FN3O2. The maximum absolute atomic E-state index is 13.9. The molecule has 0 saturated carbocycles. The normalized spacial score (nSPS) is 12.0. The van der Waals surface area contributed by atoms with Crippen LogP contribution in [0.1, 0.15) is 17.3 Å². The fraction of sp³-hybridized carbons (Fsp3) is 0.286. The molecule has 0 radical (unpaired) electrons. The van der Waals surface area contributed by atoms with Crippen LogP contribution >= 0.6 is 0 Å². The van der Waals surface area contributed by atoms with Crippen molar-refractivity contribution in [1.82, 2.24) is 15.3 Å². The number of ether oxygens (including phenoxy) is 2. The van der Waals surface area contributed by atoms with Crippen LogP contribution in [0.2, 0.25) is 0 Å². The second kappa shape index (κ2) is 6.29. The SMILES string of the molecule is CNC(c1ccccc1F)c1ncc(OC)nc1OC. The van der Waals surface area contributed by atoms with Gasteiger partial charge < -0.3 is 14.8 Å². The summed E-state index contributed by atoms with van der Waals surface area (Å²) in [5.41, 5.74) is 0.980. The third kappa shape index (κ3) is 2.70. The predicted octanol–water partition coefficient (Wildman–Crippen LogP) is 1.94. The predicted molar refractivity (Wildman–Crippen MR) is 72.4 cm³/mol. The summed E-state index contributed by atoms with van der Waals surface area (Å²) >= 11 is 0. The van der Waals surface area contributed by atoms with Crippen molar-refractivity contribution in [2.75, 3.05) is 21.3 Å². The molecule has 1 atom stereocenters. The van der Waals surface area contributed by atoms with E-state index < -0.39 is 6.04 Å². The number of halogens is 1. The van der Waals surface area contributed by atoms with Gasteiger partial charge in [0.05, 0.1) is 26.5 Å². The largest absolute Gasteiger partial charge is 0.480 e. The van der Waals surface area contributed by atoms with Crippen LogP contribution in [0.3, 0.4) is 0 Å². The maximum Gasteiger partial charge on any atom is 0.240 e. The second-order valence-corrected chi connectivity index (χ2v) is 4.05. The zero-order valence-corrected chi connectivity index (χ0v) is 11.6. The molecule has 0 bridgehead atoms. The van der Waals surface area contributed by atoms with E-state index in [0.29, 0.717) is 23.0 Å². The van der Waals surface area contributed by atoms with Crippen LogP contribution in [0.4, 0.5) is 4.39 Å². The van der Waals surface area contributed by atoms with Crippen LogP contribution in [0.25, 0.3) is 0 Å². The Bertz CT molecular complexity index is 592. The molecule has 0 amide bonds. The summed E-state index contributed by atoms with van der Waals surface area (Å²) in [5.74, 6) is 0.326. The molecule has 1 aromatic carbocycles. The Labute approximate surface area is 116 Å². The Morgan fingerprint density at radius 2 is 1.95 bits per heavy atom. The molecule has 0 aliphatic carbocycles. The fourth-order valence-corrected chi connectivity index (χ4v) is 1.96. The summed E-state index contributed by atoms with van der Waals surface area (Å²) < 4.78 is 24.2. The van der Waals surface area contributed by atoms with Crippen LogP contribution < -0.4 is 14.8 Å². The number of hydrogen-bond acceptors (Lipinski definition) is 5. The van der Waals surface area contributed by atoms with E-state index in [9.17, 15) is 4.39 Å². The molecular weight excluding hydrogens is 261 g/mol. The van der Waals surface area contributed by atoms with Gasteiger partial charge in [0.1, 0.15) is 11.5 Å². The van der Waals surface area contributed by atoms with Crippen molar-refractivity contribution in [2.24, 2.45) is 0 Å². The number of methoxy groups -OCH3 is 2. The van der Waals surface area contributed by atoms with E-state index in [-0.39, 0.29) is 5.82 Å². The standard InChI is InChI=1S/C14H16FN3O2/c1-16-12(9-6-4-5-7-10(9)15)13-14(20-3)18-11(19-2)8-17-13/h4-8,12,16H,1-3H3. The quantitative estimate of drug-likeness (QED) is 0.905. The molecule has 0 aliphatic rings. The summed E-state index contributed by atoms with van der Waals surface area (Å²) in [5, 5.41) is 3.02. The van der Waals surface area contributed by atoms with E-state index in [0.717, 1.165) is 0 Å². The van der Waals surface area contributed by atoms with Crippen molar-refractivity contribution < 1.29 is 13.9 Å². The molecule has 1 unspecified atom stereocenters. The Morgan fingerprint density at radius 1 is 1.20 bits per heavy atom. The third-order valence-electron chi connectivity index (χ3n) is 2.93. The van der Waals surface area contributed by atoms with Gasteiger partial charge in [0.25, 0.3) is 0 Å². The van der Waals surface area contributed by atoms with Crippen molar-refractivity contribution in [3.05, 3.63) is 47.5 Å². The lowest BCUT2D eigenvalue weighted by Crippen LogP contribution is -2.21. The molecule has 6 heteroatoms. The average Bonchev–Trinajstić information content (AvgIpc) is 2.50. The van der Waals surface area contributed by atoms with Gasteiger partial charge in [0.15, 0.2) is 0 Å². The van der Waals surface area contributed by atoms with Crippen molar-refractivity contribution in [3.8, 4) is 11.8 Å². The first kappa shape index (κ1) is 14.2. The smallest absolute Gasteiger partial charge is 0.240 e. The lowest BCUT2D eigenvalue weighted by Gasteiger charge is -2.18. The zero-order valence-electron chi connectivity index (χ0n) is 11.6. The van der Waals surface area contributed by atoms with Crippen LogP contribution in [0.5, 0.6) is 11.8 Å². The van der Waals surface area contributed by atoms with E-state index in [1.54, 1.807) is 25.2 Å². The first-order valence-electron chi connectivity index (χ1n) is 6.07. The van der Waals surface area contributed by atoms with Crippen molar-refractivity contribution >= 4 is 0 Å². The number of nitrogens with one attached hydrogen (secondary N) is 1. The van der Waals surface area contributed by atoms with Gasteiger partial charge in [-0.3, -0.25) is 0 Å². The summed E-state index contributed by atoms with van der Waals surface area (Å²) in [6.45, 7) is 0. The van der Waals surface area contributed by atoms with Crippen LogP contribution in [-0.2, 0) is 0 Å². The van der Waals surface area contributed by atoms with Crippen molar-refractivity contribution in [1.29, 1.82) is 0 Å². The molecule has 106 valence electrons. The van der Waals surface area contributed by atoms with Crippen LogP contribution in [0.15, 0.2) is 30.5 Å². The maximum atomic E-state index is 13.9. The molecule has 1 N–H and O–H groups in total. The molecule has 1 heterocycles. The van der Waals surface area contributed by atoms with E-state index in [1.165, 1.54) is 26.5 Å². The fourth-order valence-electron chi connectivity index (χ4n) is 1.96. The van der Waals surface area contributed by atoms with E-state index in [2.05, 4.69) is 15.3 Å². The molecule has 0 saturated heterocycles. The van der Waals surface area contributed by atoms with Gasteiger partial charge in [0.2, 0.25) is 11.8 Å². The van der Waals surface area contributed by atoms with Gasteiger partial charge in [-0.1, -0.05) is 18.2 Å². The zero-order chi connectivity index (χ0) is 14.5. The third-order valence-corrected chi connectivity index (χ3v) is 2.93.